The van der Waals surface area contributed by atoms with Crippen molar-refractivity contribution in [3.8, 4) is 11.5 Å². The summed E-state index contributed by atoms with van der Waals surface area (Å²) in [6.07, 6.45) is 13.7. The molecule has 4 nitrogen and oxygen atoms in total. The highest BCUT2D eigenvalue weighted by Crippen LogP contribution is 2.46. The van der Waals surface area contributed by atoms with Crippen molar-refractivity contribution in [3.63, 3.8) is 0 Å². The maximum absolute atomic E-state index is 10.00. The number of phenolic OH excluding ortho intramolecular Hbond substituents is 2. The van der Waals surface area contributed by atoms with E-state index in [1.807, 2.05) is 42.5 Å². The number of phenols is 2. The number of aliphatic hydroxyl groups excluding tert-OH is 2. The summed E-state index contributed by atoms with van der Waals surface area (Å²) in [6.45, 7) is 3.72. The van der Waals surface area contributed by atoms with E-state index in [4.69, 9.17) is 0 Å². The van der Waals surface area contributed by atoms with E-state index in [-0.39, 0.29) is 40.8 Å². The summed E-state index contributed by atoms with van der Waals surface area (Å²) in [5.41, 5.74) is 3.18. The molecule has 4 heteroatoms. The summed E-state index contributed by atoms with van der Waals surface area (Å²) in [7, 11) is 0. The van der Waals surface area contributed by atoms with Crippen LogP contribution in [0.2, 0.25) is 0 Å². The van der Waals surface area contributed by atoms with Crippen LogP contribution in [0.25, 0.3) is 0 Å². The molecule has 166 valence electrons. The molecule has 0 spiro atoms. The second-order valence-electron chi connectivity index (χ2n) is 8.00. The Balaban J connectivity index is 2.23. The molecular weight excluding hydrogens is 400 g/mol. The lowest BCUT2D eigenvalue weighted by Gasteiger charge is -2.34. The molecule has 2 aromatic rings. The Hall–Kier alpha value is -3.66. The van der Waals surface area contributed by atoms with Crippen LogP contribution in [-0.2, 0) is 0 Å². The average molecular weight is 431 g/mol. The molecule has 4 N–H and O–H groups in total. The number of hydrogen-bond acceptors (Lipinski definition) is 4. The van der Waals surface area contributed by atoms with E-state index >= 15 is 0 Å². The van der Waals surface area contributed by atoms with E-state index in [2.05, 4.69) is 13.0 Å². The van der Waals surface area contributed by atoms with Gasteiger partial charge in [-0.05, 0) is 67.0 Å². The third-order valence-electron chi connectivity index (χ3n) is 5.74. The van der Waals surface area contributed by atoms with Crippen LogP contribution >= 0.6 is 0 Å². The number of benzene rings is 2. The zero-order valence-corrected chi connectivity index (χ0v) is 18.4. The Labute approximate surface area is 189 Å². The maximum atomic E-state index is 10.00. The number of hydrogen-bond donors (Lipinski definition) is 4. The molecule has 3 atom stereocenters. The van der Waals surface area contributed by atoms with Gasteiger partial charge in [0.2, 0.25) is 0 Å². The fourth-order valence-corrected chi connectivity index (χ4v) is 4.19. The van der Waals surface area contributed by atoms with Crippen molar-refractivity contribution >= 4 is 0 Å². The van der Waals surface area contributed by atoms with Gasteiger partial charge in [-0.3, -0.25) is 0 Å². The molecule has 0 aromatic heterocycles. The monoisotopic (exact) mass is 430 g/mol. The van der Waals surface area contributed by atoms with E-state index < -0.39 is 0 Å². The first-order valence-electron chi connectivity index (χ1n) is 10.8. The number of allylic oxidation sites excluding steroid dienone is 9. The quantitative estimate of drug-likeness (QED) is 0.283. The van der Waals surface area contributed by atoms with Crippen molar-refractivity contribution in [3.05, 3.63) is 119 Å². The van der Waals surface area contributed by atoms with E-state index in [0.29, 0.717) is 0 Å². The standard InChI is InChI=1S/C28H30O4/c1-3-20(8-7-19(2)29)27(22-10-15-25(31)16-11-22)28(23-12-17-26(32)18-13-23)21-5-4-6-24(30)14-9-21/h4-18,21,27-32H,3H2,1-2H3/b19-7+,20-8+. The molecule has 3 unspecified atom stereocenters. The van der Waals surface area contributed by atoms with Crippen molar-refractivity contribution < 1.29 is 20.4 Å². The Morgan fingerprint density at radius 3 is 2.03 bits per heavy atom. The highest BCUT2D eigenvalue weighted by atomic mass is 16.3. The molecule has 2 aromatic carbocycles. The first-order valence-corrected chi connectivity index (χ1v) is 10.8. The van der Waals surface area contributed by atoms with Crippen LogP contribution < -0.4 is 0 Å². The van der Waals surface area contributed by atoms with E-state index in [1.165, 1.54) is 0 Å². The Kier molecular flexibility index (Phi) is 7.61. The van der Waals surface area contributed by atoms with Gasteiger partial charge < -0.3 is 20.4 Å². The Bertz CT molecular complexity index is 1050. The lowest BCUT2D eigenvalue weighted by molar-refractivity contribution is 0.414. The van der Waals surface area contributed by atoms with Crippen molar-refractivity contribution in [2.24, 2.45) is 5.92 Å². The van der Waals surface area contributed by atoms with Crippen LogP contribution in [0.3, 0.4) is 0 Å². The lowest BCUT2D eigenvalue weighted by Crippen LogP contribution is -2.20. The minimum atomic E-state index is -0.0831. The van der Waals surface area contributed by atoms with Gasteiger partial charge >= 0.3 is 0 Å². The third kappa shape index (κ3) is 5.73. The predicted molar refractivity (Wildman–Crippen MR) is 129 cm³/mol. The second kappa shape index (κ2) is 10.6. The second-order valence-corrected chi connectivity index (χ2v) is 8.00. The average Bonchev–Trinajstić information content (AvgIpc) is 2.99. The maximum Gasteiger partial charge on any atom is 0.115 e. The number of aromatic hydroxyl groups is 2. The molecule has 32 heavy (non-hydrogen) atoms. The van der Waals surface area contributed by atoms with Gasteiger partial charge in [-0.15, -0.1) is 0 Å². The van der Waals surface area contributed by atoms with Gasteiger partial charge in [-0.25, -0.2) is 0 Å². The van der Waals surface area contributed by atoms with Crippen LogP contribution in [-0.4, -0.2) is 20.4 Å². The molecule has 0 saturated heterocycles. The van der Waals surface area contributed by atoms with Gasteiger partial charge in [0.15, 0.2) is 0 Å². The molecule has 0 heterocycles. The SMILES string of the molecule is CC/C(=C\C=C(/C)O)C(c1ccc(O)cc1)C(c1ccc(O)cc1)C1C=CC=C(O)C=C1. The zero-order chi connectivity index (χ0) is 23.1. The highest BCUT2D eigenvalue weighted by Gasteiger charge is 2.32. The minimum absolute atomic E-state index is 0.0478. The van der Waals surface area contributed by atoms with Gasteiger partial charge in [0.05, 0.1) is 5.76 Å². The normalized spacial score (nSPS) is 18.7. The largest absolute Gasteiger partial charge is 0.513 e. The zero-order valence-electron chi connectivity index (χ0n) is 18.4. The molecule has 0 fully saturated rings. The van der Waals surface area contributed by atoms with Crippen molar-refractivity contribution in [2.45, 2.75) is 32.1 Å². The van der Waals surface area contributed by atoms with Crippen LogP contribution in [0.15, 0.2) is 108 Å². The van der Waals surface area contributed by atoms with Gasteiger partial charge in [-0.1, -0.05) is 61.1 Å². The number of aliphatic hydroxyl groups is 2. The summed E-state index contributed by atoms with van der Waals surface area (Å²) in [5.74, 6) is 0.624. The molecule has 0 radical (unpaired) electrons. The summed E-state index contributed by atoms with van der Waals surface area (Å²) < 4.78 is 0. The van der Waals surface area contributed by atoms with Crippen molar-refractivity contribution in [1.29, 1.82) is 0 Å². The first kappa shape index (κ1) is 23.0. The topological polar surface area (TPSA) is 80.9 Å². The Morgan fingerprint density at radius 2 is 1.47 bits per heavy atom. The van der Waals surface area contributed by atoms with Crippen molar-refractivity contribution in [2.75, 3.05) is 0 Å². The van der Waals surface area contributed by atoms with Crippen LogP contribution in [0.1, 0.15) is 43.2 Å². The lowest BCUT2D eigenvalue weighted by atomic mass is 9.69. The van der Waals surface area contributed by atoms with E-state index in [0.717, 1.165) is 23.1 Å². The fraction of sp³-hybridized carbons (Fsp3) is 0.214. The Morgan fingerprint density at radius 1 is 0.875 bits per heavy atom. The number of rotatable bonds is 7. The van der Waals surface area contributed by atoms with Gasteiger partial charge in [0.1, 0.15) is 17.3 Å². The highest BCUT2D eigenvalue weighted by molar-refractivity contribution is 5.43. The molecule has 1 aliphatic rings. The van der Waals surface area contributed by atoms with Crippen LogP contribution in [0.5, 0.6) is 11.5 Å². The molecule has 0 saturated carbocycles. The molecule has 1 aliphatic carbocycles. The van der Waals surface area contributed by atoms with Gasteiger partial charge in [-0.2, -0.15) is 0 Å². The first-order chi connectivity index (χ1) is 15.4. The summed E-state index contributed by atoms with van der Waals surface area (Å²) in [5, 5.41) is 39.5. The third-order valence-corrected chi connectivity index (χ3v) is 5.74. The van der Waals surface area contributed by atoms with Crippen molar-refractivity contribution in [1.82, 2.24) is 0 Å². The molecule has 3 rings (SSSR count). The molecule has 0 bridgehead atoms. The summed E-state index contributed by atoms with van der Waals surface area (Å²) >= 11 is 0. The molecule has 0 amide bonds. The van der Waals surface area contributed by atoms with Gasteiger partial charge in [0.25, 0.3) is 0 Å². The fourth-order valence-electron chi connectivity index (χ4n) is 4.19. The smallest absolute Gasteiger partial charge is 0.115 e. The van der Waals surface area contributed by atoms with E-state index in [1.54, 1.807) is 49.4 Å². The van der Waals surface area contributed by atoms with Gasteiger partial charge in [0, 0.05) is 17.8 Å². The molecular formula is C28H30O4. The summed E-state index contributed by atoms with van der Waals surface area (Å²) in [4.78, 5) is 0. The van der Waals surface area contributed by atoms with E-state index in [9.17, 15) is 20.4 Å². The summed E-state index contributed by atoms with van der Waals surface area (Å²) in [6, 6.07) is 14.4. The molecule has 0 aliphatic heterocycles. The van der Waals surface area contributed by atoms with Crippen LogP contribution in [0, 0.1) is 5.92 Å². The van der Waals surface area contributed by atoms with Crippen LogP contribution in [0.4, 0.5) is 0 Å². The predicted octanol–water partition coefficient (Wildman–Crippen LogP) is 6.95. The minimum Gasteiger partial charge on any atom is -0.513 e.